The Kier molecular flexibility index (Phi) is 6.01. The molecule has 2 aromatic carbocycles. The fourth-order valence-electron chi connectivity index (χ4n) is 3.01. The maximum absolute atomic E-state index is 12.7. The Morgan fingerprint density at radius 2 is 1.93 bits per heavy atom. The Bertz CT molecular complexity index is 1190. The first-order chi connectivity index (χ1) is 14.5. The Labute approximate surface area is 183 Å². The number of amides is 1. The molecule has 2 heterocycles. The monoisotopic (exact) mass is 435 g/mol. The van der Waals surface area contributed by atoms with Gasteiger partial charge >= 0.3 is 0 Å². The predicted molar refractivity (Wildman–Crippen MR) is 125 cm³/mol. The first-order valence-corrected chi connectivity index (χ1v) is 11.3. The van der Waals surface area contributed by atoms with E-state index in [1.807, 2.05) is 60.8 Å². The normalized spacial score (nSPS) is 10.9. The van der Waals surface area contributed by atoms with Crippen LogP contribution in [0.4, 0.5) is 5.13 Å². The second kappa shape index (κ2) is 8.85. The van der Waals surface area contributed by atoms with Gasteiger partial charge in [0.15, 0.2) is 5.13 Å². The highest BCUT2D eigenvalue weighted by Gasteiger charge is 2.16. The molecule has 0 aliphatic carbocycles. The van der Waals surface area contributed by atoms with Gasteiger partial charge in [-0.05, 0) is 36.8 Å². The lowest BCUT2D eigenvalue weighted by Gasteiger charge is -2.14. The van der Waals surface area contributed by atoms with Crippen molar-refractivity contribution < 1.29 is 9.53 Å². The summed E-state index contributed by atoms with van der Waals surface area (Å²) in [7, 11) is 3.42. The van der Waals surface area contributed by atoms with E-state index in [1.54, 1.807) is 19.1 Å². The van der Waals surface area contributed by atoms with Crippen molar-refractivity contribution in [1.82, 2.24) is 9.97 Å². The summed E-state index contributed by atoms with van der Waals surface area (Å²) >= 11 is 2.92. The SMILES string of the molecule is COc1ccc2nc(SCC(=O)N(C)c3nc(-c4ccccc4)cs3)c(C)cc2c1. The fourth-order valence-corrected chi connectivity index (χ4v) is 4.73. The van der Waals surface area contributed by atoms with Crippen LogP contribution < -0.4 is 9.64 Å². The molecule has 0 unspecified atom stereocenters. The number of nitrogens with zero attached hydrogens (tertiary/aromatic N) is 3. The van der Waals surface area contributed by atoms with E-state index in [0.29, 0.717) is 10.9 Å². The van der Waals surface area contributed by atoms with E-state index in [-0.39, 0.29) is 5.91 Å². The fraction of sp³-hybridized carbons (Fsp3) is 0.174. The highest BCUT2D eigenvalue weighted by molar-refractivity contribution is 8.00. The molecule has 2 aromatic heterocycles. The average Bonchev–Trinajstić information content (AvgIpc) is 3.27. The summed E-state index contributed by atoms with van der Waals surface area (Å²) in [5, 5.41) is 4.55. The molecule has 0 fully saturated rings. The van der Waals surface area contributed by atoms with Crippen LogP contribution in [0.15, 0.2) is 65.0 Å². The number of carbonyl (C=O) groups is 1. The third kappa shape index (κ3) is 4.32. The third-order valence-electron chi connectivity index (χ3n) is 4.72. The van der Waals surface area contributed by atoms with Crippen LogP contribution in [0.3, 0.4) is 0 Å². The number of hydrogen-bond donors (Lipinski definition) is 0. The van der Waals surface area contributed by atoms with Crippen LogP contribution in [0.25, 0.3) is 22.2 Å². The van der Waals surface area contributed by atoms with E-state index >= 15 is 0 Å². The molecule has 7 heteroatoms. The van der Waals surface area contributed by atoms with Crippen molar-refractivity contribution in [1.29, 1.82) is 0 Å². The first kappa shape index (κ1) is 20.4. The summed E-state index contributed by atoms with van der Waals surface area (Å²) in [6.45, 7) is 2.01. The van der Waals surface area contributed by atoms with Crippen molar-refractivity contribution in [2.45, 2.75) is 11.9 Å². The molecular weight excluding hydrogens is 414 g/mol. The number of pyridine rings is 1. The minimum absolute atomic E-state index is 0.00927. The summed E-state index contributed by atoms with van der Waals surface area (Å²) in [6, 6.07) is 17.8. The lowest BCUT2D eigenvalue weighted by Crippen LogP contribution is -2.27. The summed E-state index contributed by atoms with van der Waals surface area (Å²) < 4.78 is 5.28. The van der Waals surface area contributed by atoms with Crippen molar-refractivity contribution in [2.75, 3.05) is 24.8 Å². The van der Waals surface area contributed by atoms with Gasteiger partial charge in [0.2, 0.25) is 5.91 Å². The van der Waals surface area contributed by atoms with E-state index in [4.69, 9.17) is 9.72 Å². The molecule has 30 heavy (non-hydrogen) atoms. The number of rotatable bonds is 6. The zero-order chi connectivity index (χ0) is 21.1. The van der Waals surface area contributed by atoms with Gasteiger partial charge in [-0.15, -0.1) is 11.3 Å². The lowest BCUT2D eigenvalue weighted by atomic mass is 10.1. The number of fused-ring (bicyclic) bond motifs is 1. The Hall–Kier alpha value is -2.90. The number of benzene rings is 2. The molecule has 0 aliphatic rings. The van der Waals surface area contributed by atoms with Gasteiger partial charge < -0.3 is 4.74 Å². The van der Waals surface area contributed by atoms with Crippen LogP contribution in [0.2, 0.25) is 0 Å². The number of ether oxygens (including phenoxy) is 1. The zero-order valence-electron chi connectivity index (χ0n) is 17.0. The zero-order valence-corrected chi connectivity index (χ0v) is 18.6. The van der Waals surface area contributed by atoms with E-state index < -0.39 is 0 Å². The minimum Gasteiger partial charge on any atom is -0.497 e. The number of thioether (sulfide) groups is 1. The van der Waals surface area contributed by atoms with Crippen LogP contribution in [-0.2, 0) is 4.79 Å². The second-order valence-electron chi connectivity index (χ2n) is 6.79. The summed E-state index contributed by atoms with van der Waals surface area (Å²) in [4.78, 5) is 23.7. The number of aryl methyl sites for hydroxylation is 1. The molecule has 4 aromatic rings. The predicted octanol–water partition coefficient (Wildman–Crippen LogP) is 5.43. The van der Waals surface area contributed by atoms with Crippen molar-refractivity contribution in [3.8, 4) is 17.0 Å². The molecule has 0 atom stereocenters. The van der Waals surface area contributed by atoms with E-state index in [9.17, 15) is 4.79 Å². The van der Waals surface area contributed by atoms with Gasteiger partial charge in [0, 0.05) is 23.4 Å². The number of aromatic nitrogens is 2. The Balaban J connectivity index is 1.45. The lowest BCUT2D eigenvalue weighted by molar-refractivity contribution is -0.115. The van der Waals surface area contributed by atoms with Crippen molar-refractivity contribution in [3.05, 3.63) is 65.5 Å². The standard InChI is InChI=1S/C23H21N3O2S2/c1-15-11-17-12-18(28-3)9-10-19(17)24-22(15)29-14-21(27)26(2)23-25-20(13-30-23)16-7-5-4-6-8-16/h4-13H,14H2,1-3H3. The number of hydrogen-bond acceptors (Lipinski definition) is 6. The van der Waals surface area contributed by atoms with E-state index in [0.717, 1.165) is 38.5 Å². The molecule has 1 amide bonds. The van der Waals surface area contributed by atoms with Crippen LogP contribution in [-0.4, -0.2) is 35.8 Å². The molecule has 0 radical (unpaired) electrons. The molecule has 5 nitrogen and oxygen atoms in total. The summed E-state index contributed by atoms with van der Waals surface area (Å²) in [5.41, 5.74) is 3.85. The van der Waals surface area contributed by atoms with Gasteiger partial charge in [-0.1, -0.05) is 42.1 Å². The molecule has 0 saturated carbocycles. The Morgan fingerprint density at radius 3 is 2.70 bits per heavy atom. The quantitative estimate of drug-likeness (QED) is 0.378. The summed E-state index contributed by atoms with van der Waals surface area (Å²) in [5.74, 6) is 1.09. The number of anilines is 1. The van der Waals surface area contributed by atoms with Crippen molar-refractivity contribution in [2.24, 2.45) is 0 Å². The summed E-state index contributed by atoms with van der Waals surface area (Å²) in [6.07, 6.45) is 0. The van der Waals surface area contributed by atoms with Crippen LogP contribution >= 0.6 is 23.1 Å². The molecule has 0 N–H and O–H groups in total. The van der Waals surface area contributed by atoms with Gasteiger partial charge in [-0.25, -0.2) is 9.97 Å². The average molecular weight is 436 g/mol. The van der Waals surface area contributed by atoms with Gasteiger partial charge in [-0.2, -0.15) is 0 Å². The van der Waals surface area contributed by atoms with Gasteiger partial charge in [-0.3, -0.25) is 9.69 Å². The molecule has 0 spiro atoms. The van der Waals surface area contributed by atoms with Crippen molar-refractivity contribution >= 4 is 45.0 Å². The number of thiazole rings is 1. The molecule has 0 bridgehead atoms. The minimum atomic E-state index is -0.00927. The highest BCUT2D eigenvalue weighted by Crippen LogP contribution is 2.29. The van der Waals surface area contributed by atoms with Gasteiger partial charge in [0.05, 0.1) is 24.1 Å². The maximum atomic E-state index is 12.7. The first-order valence-electron chi connectivity index (χ1n) is 9.41. The van der Waals surface area contributed by atoms with E-state index in [2.05, 4.69) is 11.1 Å². The Morgan fingerprint density at radius 1 is 1.13 bits per heavy atom. The number of methoxy groups -OCH3 is 1. The van der Waals surface area contributed by atoms with Gasteiger partial charge in [0.1, 0.15) is 10.8 Å². The van der Waals surface area contributed by atoms with Crippen LogP contribution in [0, 0.1) is 6.92 Å². The molecular formula is C23H21N3O2S2. The van der Waals surface area contributed by atoms with Crippen LogP contribution in [0.1, 0.15) is 5.56 Å². The molecule has 0 saturated heterocycles. The second-order valence-corrected chi connectivity index (χ2v) is 8.59. The molecule has 152 valence electrons. The molecule has 0 aliphatic heterocycles. The van der Waals surface area contributed by atoms with E-state index in [1.165, 1.54) is 23.1 Å². The third-order valence-corrected chi connectivity index (χ3v) is 6.72. The number of carbonyl (C=O) groups excluding carboxylic acids is 1. The topological polar surface area (TPSA) is 55.3 Å². The van der Waals surface area contributed by atoms with Crippen LogP contribution in [0.5, 0.6) is 5.75 Å². The maximum Gasteiger partial charge on any atom is 0.238 e. The molecule has 4 rings (SSSR count). The van der Waals surface area contributed by atoms with Crippen molar-refractivity contribution in [3.63, 3.8) is 0 Å². The highest BCUT2D eigenvalue weighted by atomic mass is 32.2. The largest absolute Gasteiger partial charge is 0.497 e. The smallest absolute Gasteiger partial charge is 0.238 e. The van der Waals surface area contributed by atoms with Gasteiger partial charge in [0.25, 0.3) is 0 Å².